The van der Waals surface area contributed by atoms with Crippen molar-refractivity contribution >= 4 is 0 Å². The summed E-state index contributed by atoms with van der Waals surface area (Å²) in [5.74, 6) is 2.11. The number of rotatable bonds is 5. The third-order valence-corrected chi connectivity index (χ3v) is 3.85. The van der Waals surface area contributed by atoms with Gasteiger partial charge in [-0.3, -0.25) is 0 Å². The Labute approximate surface area is 140 Å². The Hall–Kier alpha value is -3.26. The lowest BCUT2D eigenvalue weighted by Crippen LogP contribution is -2.04. The van der Waals surface area contributed by atoms with Gasteiger partial charge in [0.15, 0.2) is 0 Å². The summed E-state index contributed by atoms with van der Waals surface area (Å²) in [4.78, 5) is 4.48. The van der Waals surface area contributed by atoms with Gasteiger partial charge in [-0.25, -0.2) is 4.98 Å². The first-order valence-corrected chi connectivity index (χ1v) is 7.49. The van der Waals surface area contributed by atoms with E-state index in [-0.39, 0.29) is 0 Å². The fourth-order valence-electron chi connectivity index (χ4n) is 2.69. The van der Waals surface area contributed by atoms with Crippen molar-refractivity contribution in [3.8, 4) is 29.0 Å². The Bertz CT molecular complexity index is 871. The van der Waals surface area contributed by atoms with E-state index in [0.29, 0.717) is 23.6 Å². The topological polar surface area (TPSA) is 60.1 Å². The largest absolute Gasteiger partial charge is 0.496 e. The molecule has 0 fully saturated rings. The van der Waals surface area contributed by atoms with Gasteiger partial charge in [0.2, 0.25) is 0 Å². The molecule has 0 spiro atoms. The smallest absolute Gasteiger partial charge is 0.147 e. The second kappa shape index (κ2) is 6.88. The van der Waals surface area contributed by atoms with Gasteiger partial charge in [-0.05, 0) is 23.8 Å². The highest BCUT2D eigenvalue weighted by Gasteiger charge is 2.17. The highest BCUT2D eigenvalue weighted by atomic mass is 16.5. The molecule has 0 atom stereocenters. The van der Waals surface area contributed by atoms with Crippen LogP contribution in [-0.2, 0) is 6.54 Å². The Kier molecular flexibility index (Phi) is 4.48. The van der Waals surface area contributed by atoms with Gasteiger partial charge in [0.05, 0.1) is 32.4 Å². The predicted molar refractivity (Wildman–Crippen MR) is 91.0 cm³/mol. The van der Waals surface area contributed by atoms with Crippen LogP contribution in [0.25, 0.3) is 11.4 Å². The zero-order chi connectivity index (χ0) is 16.9. The number of nitrogens with zero attached hydrogens (tertiary/aromatic N) is 3. The first kappa shape index (κ1) is 15.6. The molecule has 0 N–H and O–H groups in total. The number of hydrogen-bond donors (Lipinski definition) is 0. The quantitative estimate of drug-likeness (QED) is 0.722. The summed E-state index contributed by atoms with van der Waals surface area (Å²) < 4.78 is 12.9. The van der Waals surface area contributed by atoms with Gasteiger partial charge in [-0.1, -0.05) is 24.3 Å². The van der Waals surface area contributed by atoms with Crippen molar-refractivity contribution in [1.82, 2.24) is 9.55 Å². The van der Waals surface area contributed by atoms with E-state index in [4.69, 9.17) is 9.47 Å². The van der Waals surface area contributed by atoms with Crippen LogP contribution in [0.1, 0.15) is 11.1 Å². The molecule has 0 radical (unpaired) electrons. The molecule has 0 bridgehead atoms. The van der Waals surface area contributed by atoms with Gasteiger partial charge in [0.1, 0.15) is 22.9 Å². The predicted octanol–water partition coefficient (Wildman–Crippen LogP) is 3.49. The van der Waals surface area contributed by atoms with Crippen molar-refractivity contribution in [3.63, 3.8) is 0 Å². The van der Waals surface area contributed by atoms with E-state index in [0.717, 1.165) is 17.0 Å². The molecule has 5 nitrogen and oxygen atoms in total. The van der Waals surface area contributed by atoms with Crippen LogP contribution in [-0.4, -0.2) is 23.8 Å². The van der Waals surface area contributed by atoms with E-state index in [1.807, 2.05) is 53.2 Å². The van der Waals surface area contributed by atoms with Gasteiger partial charge in [-0.15, -0.1) is 0 Å². The molecule has 3 rings (SSSR count). The third kappa shape index (κ3) is 2.82. The molecule has 2 aromatic carbocycles. The highest BCUT2D eigenvalue weighted by Crippen LogP contribution is 2.37. The zero-order valence-electron chi connectivity index (χ0n) is 13.6. The Balaban J connectivity index is 2.08. The van der Waals surface area contributed by atoms with E-state index in [1.165, 1.54) is 0 Å². The van der Waals surface area contributed by atoms with Crippen molar-refractivity contribution in [2.24, 2.45) is 0 Å². The molecule has 0 saturated heterocycles. The minimum atomic E-state index is 0.542. The zero-order valence-corrected chi connectivity index (χ0v) is 13.6. The van der Waals surface area contributed by atoms with E-state index in [2.05, 4.69) is 11.1 Å². The van der Waals surface area contributed by atoms with Crippen molar-refractivity contribution in [1.29, 1.82) is 5.26 Å². The van der Waals surface area contributed by atoms with Crippen LogP contribution < -0.4 is 9.47 Å². The van der Waals surface area contributed by atoms with Gasteiger partial charge in [0.25, 0.3) is 0 Å². The molecule has 120 valence electrons. The average molecular weight is 319 g/mol. The average Bonchev–Trinajstić information content (AvgIpc) is 3.09. The number of methoxy groups -OCH3 is 2. The molecular weight excluding hydrogens is 302 g/mol. The summed E-state index contributed by atoms with van der Waals surface area (Å²) in [5.41, 5.74) is 2.39. The van der Waals surface area contributed by atoms with E-state index in [1.54, 1.807) is 20.4 Å². The van der Waals surface area contributed by atoms with Gasteiger partial charge >= 0.3 is 0 Å². The minimum absolute atomic E-state index is 0.542. The number of imidazole rings is 1. The molecule has 0 aliphatic carbocycles. The second-order valence-corrected chi connectivity index (χ2v) is 5.19. The summed E-state index contributed by atoms with van der Waals surface area (Å²) in [6, 6.07) is 15.4. The first-order valence-electron chi connectivity index (χ1n) is 7.49. The van der Waals surface area contributed by atoms with E-state index < -0.39 is 0 Å². The maximum Gasteiger partial charge on any atom is 0.147 e. The fraction of sp³-hybridized carbons (Fsp3) is 0.158. The molecule has 0 aliphatic heterocycles. The summed E-state index contributed by atoms with van der Waals surface area (Å²) in [5, 5.41) is 9.28. The molecule has 0 amide bonds. The van der Waals surface area contributed by atoms with Crippen LogP contribution in [0.15, 0.2) is 54.9 Å². The SMILES string of the molecule is COc1cccc(OC)c1-c1nccn1Cc1ccccc1C#N. The van der Waals surface area contributed by atoms with Crippen LogP contribution in [0.3, 0.4) is 0 Å². The molecule has 1 aromatic heterocycles. The van der Waals surface area contributed by atoms with Crippen LogP contribution in [0.2, 0.25) is 0 Å². The summed E-state index contributed by atoms with van der Waals surface area (Å²) in [6.45, 7) is 0.542. The molecule has 0 aliphatic rings. The summed E-state index contributed by atoms with van der Waals surface area (Å²) in [6.07, 6.45) is 3.62. The van der Waals surface area contributed by atoms with E-state index >= 15 is 0 Å². The van der Waals surface area contributed by atoms with Gasteiger partial charge in [0, 0.05) is 12.4 Å². The molecule has 1 heterocycles. The lowest BCUT2D eigenvalue weighted by Gasteiger charge is -2.15. The molecule has 3 aromatic rings. The van der Waals surface area contributed by atoms with E-state index in [9.17, 15) is 5.26 Å². The molecule has 0 saturated carbocycles. The fourth-order valence-corrected chi connectivity index (χ4v) is 2.69. The second-order valence-electron chi connectivity index (χ2n) is 5.19. The third-order valence-electron chi connectivity index (χ3n) is 3.85. The first-order chi connectivity index (χ1) is 11.8. The Morgan fingerprint density at radius 3 is 2.42 bits per heavy atom. The maximum atomic E-state index is 9.28. The van der Waals surface area contributed by atoms with Crippen molar-refractivity contribution in [3.05, 3.63) is 66.0 Å². The number of ether oxygens (including phenoxy) is 2. The molecule has 24 heavy (non-hydrogen) atoms. The lowest BCUT2D eigenvalue weighted by atomic mass is 10.1. The Morgan fingerprint density at radius 2 is 1.75 bits per heavy atom. The minimum Gasteiger partial charge on any atom is -0.496 e. The normalized spacial score (nSPS) is 10.2. The van der Waals surface area contributed by atoms with Crippen molar-refractivity contribution < 1.29 is 9.47 Å². The van der Waals surface area contributed by atoms with Gasteiger partial charge < -0.3 is 14.0 Å². The van der Waals surface area contributed by atoms with Crippen molar-refractivity contribution in [2.75, 3.05) is 14.2 Å². The number of nitriles is 1. The van der Waals surface area contributed by atoms with Crippen molar-refractivity contribution in [2.45, 2.75) is 6.54 Å². The Morgan fingerprint density at radius 1 is 1.04 bits per heavy atom. The monoisotopic (exact) mass is 319 g/mol. The number of benzene rings is 2. The molecule has 0 unspecified atom stereocenters. The van der Waals surface area contributed by atoms with Crippen LogP contribution in [0, 0.1) is 11.3 Å². The van der Waals surface area contributed by atoms with Crippen LogP contribution in [0.4, 0.5) is 0 Å². The maximum absolute atomic E-state index is 9.28. The number of aromatic nitrogens is 2. The van der Waals surface area contributed by atoms with Gasteiger partial charge in [-0.2, -0.15) is 5.26 Å². The molecule has 5 heteroatoms. The lowest BCUT2D eigenvalue weighted by molar-refractivity contribution is 0.396. The standard InChI is InChI=1S/C19H17N3O2/c1-23-16-8-5-9-17(24-2)18(16)19-21-10-11-22(19)13-15-7-4-3-6-14(15)12-20/h3-11H,13H2,1-2H3. The summed E-state index contributed by atoms with van der Waals surface area (Å²) in [7, 11) is 3.24. The summed E-state index contributed by atoms with van der Waals surface area (Å²) >= 11 is 0. The van der Waals surface area contributed by atoms with Crippen LogP contribution in [0.5, 0.6) is 11.5 Å². The highest BCUT2D eigenvalue weighted by molar-refractivity contribution is 5.72. The molecular formula is C19H17N3O2. The number of hydrogen-bond acceptors (Lipinski definition) is 4. The van der Waals surface area contributed by atoms with Crippen LogP contribution >= 0.6 is 0 Å².